The molecule has 3 fully saturated rings. The summed E-state index contributed by atoms with van der Waals surface area (Å²) in [6.45, 7) is 20.7. The number of carbonyl (C=O) groups is 5. The molecule has 16 heteroatoms. The van der Waals surface area contributed by atoms with Crippen LogP contribution in [-0.2, 0) is 57.6 Å². The third-order valence-electron chi connectivity index (χ3n) is 14.4. The summed E-state index contributed by atoms with van der Waals surface area (Å²) in [5, 5.41) is 5.57. The Kier molecular flexibility index (Phi) is 17.5. The lowest BCUT2D eigenvalue weighted by atomic mass is 9.83. The molecule has 1 unspecified atom stereocenters. The third-order valence-corrected chi connectivity index (χ3v) is 15.0. The Morgan fingerprint density at radius 1 is 1.11 bits per heavy atom. The van der Waals surface area contributed by atoms with E-state index in [1.165, 1.54) is 9.91 Å². The van der Waals surface area contributed by atoms with Crippen LogP contribution in [0.25, 0.3) is 27.6 Å². The van der Waals surface area contributed by atoms with E-state index in [2.05, 4.69) is 88.6 Å². The molecular weight excluding hydrogens is 979 g/mol. The Labute approximate surface area is 433 Å². The largest absolute Gasteiger partial charge is 0.378 e. The number of hydrazine groups is 1. The van der Waals surface area contributed by atoms with Crippen LogP contribution in [0, 0.1) is 29.1 Å². The first-order chi connectivity index (χ1) is 34.4. The molecular formula is C56H72BrN7O8. The summed E-state index contributed by atoms with van der Waals surface area (Å²) >= 11 is 3.76. The summed E-state index contributed by atoms with van der Waals surface area (Å²) in [5.41, 5.74) is 8.99. The highest BCUT2D eigenvalue weighted by molar-refractivity contribution is 9.09. The average molecular weight is 1050 g/mol. The van der Waals surface area contributed by atoms with Crippen molar-refractivity contribution in [3.05, 3.63) is 77.6 Å². The molecule has 386 valence electrons. The number of likely N-dealkylation sites (tertiary alicyclic amines) is 1. The summed E-state index contributed by atoms with van der Waals surface area (Å²) < 4.78 is 20.1. The maximum absolute atomic E-state index is 15.1. The summed E-state index contributed by atoms with van der Waals surface area (Å²) in [7, 11) is 3.28. The van der Waals surface area contributed by atoms with E-state index >= 15 is 4.79 Å². The van der Waals surface area contributed by atoms with Gasteiger partial charge in [-0.3, -0.25) is 29.2 Å². The van der Waals surface area contributed by atoms with Crippen molar-refractivity contribution >= 4 is 68.5 Å². The Morgan fingerprint density at radius 2 is 1.86 bits per heavy atom. The Morgan fingerprint density at radius 3 is 2.51 bits per heavy atom. The smallest absolute Gasteiger partial charge is 0.298 e. The number of aryl methyl sites for hydroxylation is 1. The van der Waals surface area contributed by atoms with E-state index < -0.39 is 40.8 Å². The summed E-state index contributed by atoms with van der Waals surface area (Å²) in [5.74, 6) is 3.09. The predicted molar refractivity (Wildman–Crippen MR) is 284 cm³/mol. The SMILES string of the molecule is C=C/C(=C(\N=CC)[C@H](C)OC)c1c2c3cc(ccc3n1CC)-c1cccc(c1)C[C@H](NC(=O)[C@H](C(C)C)N(C)C(=O)[C@H]1CCN(C(=O)C#C[C@@H]3CCO3)C1)C(=O)N1CC(Br)C[C@](C=O)(COCC(C)(C)C2)N1. The van der Waals surface area contributed by atoms with Gasteiger partial charge in [-0.15, -0.1) is 0 Å². The second kappa shape index (κ2) is 23.2. The molecule has 15 nitrogen and oxygen atoms in total. The molecule has 2 N–H and O–H groups in total. The minimum Gasteiger partial charge on any atom is -0.378 e. The molecule has 2 aromatic carbocycles. The number of methoxy groups -OCH3 is 1. The molecule has 6 bridgehead atoms. The van der Waals surface area contributed by atoms with E-state index in [1.807, 2.05) is 58.0 Å². The molecule has 0 radical (unpaired) electrons. The molecule has 0 saturated carbocycles. The number of aldehydes is 1. The fourth-order valence-corrected chi connectivity index (χ4v) is 11.5. The minimum absolute atomic E-state index is 0.0227. The average Bonchev–Trinajstić information content (AvgIpc) is 3.95. The van der Waals surface area contributed by atoms with Gasteiger partial charge in [0.1, 0.15) is 30.0 Å². The number of aliphatic imine (C=N–C) groups is 1. The molecule has 0 spiro atoms. The van der Waals surface area contributed by atoms with E-state index in [0.29, 0.717) is 39.0 Å². The highest BCUT2D eigenvalue weighted by Crippen LogP contribution is 2.40. The van der Waals surface area contributed by atoms with Crippen LogP contribution < -0.4 is 10.7 Å². The molecule has 3 aromatic rings. The van der Waals surface area contributed by atoms with Crippen molar-refractivity contribution in [3.8, 4) is 23.0 Å². The van der Waals surface area contributed by atoms with Crippen LogP contribution >= 0.6 is 15.9 Å². The van der Waals surface area contributed by atoms with Gasteiger partial charge in [-0.05, 0) is 91.7 Å². The highest BCUT2D eigenvalue weighted by atomic mass is 79.9. The van der Waals surface area contributed by atoms with E-state index in [1.54, 1.807) is 25.3 Å². The zero-order chi connectivity index (χ0) is 52.1. The maximum Gasteiger partial charge on any atom is 0.298 e. The second-order valence-electron chi connectivity index (χ2n) is 20.8. The number of ether oxygens (including phenoxy) is 3. The minimum atomic E-state index is -1.28. The zero-order valence-electron chi connectivity index (χ0n) is 43.4. The number of hydrogen-bond acceptors (Lipinski definition) is 10. The van der Waals surface area contributed by atoms with Gasteiger partial charge >= 0.3 is 0 Å². The molecule has 5 heterocycles. The number of rotatable bonds is 12. The summed E-state index contributed by atoms with van der Waals surface area (Å²) in [6, 6.07) is 12.4. The van der Waals surface area contributed by atoms with Crippen molar-refractivity contribution in [2.45, 2.75) is 122 Å². The van der Waals surface area contributed by atoms with Gasteiger partial charge in [-0.2, -0.15) is 0 Å². The number of nitrogens with one attached hydrogen (secondary N) is 2. The number of likely N-dealkylation sites (N-methyl/N-ethyl adjacent to an activating group) is 1. The van der Waals surface area contributed by atoms with Gasteiger partial charge < -0.3 is 38.7 Å². The maximum atomic E-state index is 15.1. The number of aromatic nitrogens is 1. The standard InChI is InChI=1S/C56H72BrN7O8/c1-11-43(49(58-12-2)36(6)70-10)51-45-29-55(7,8)33-71-34-56(32-65)28-41(57)31-64(60-56)54(69)46(26-37-15-14-16-38(25-37)39-17-19-47(44(45)27-39)63(51)13-3)59-52(67)50(35(4)5)61(9)53(68)40-21-23-62(30-40)48(66)20-18-42-22-24-72-42/h11-12,14-17,19,25,27,32,35-36,40-42,46,50,60H,1,13,21-24,26,28-31,33-34H2,2-10H3,(H,59,67)/b49-43+,58-12?/t36-,40-,41?,42+,46-,50-,56-/m0/s1. The predicted octanol–water partition coefficient (Wildman–Crippen LogP) is 6.54. The van der Waals surface area contributed by atoms with Gasteiger partial charge in [0.15, 0.2) is 0 Å². The fraction of sp³-hybridized carbons (Fsp3) is 0.536. The topological polar surface area (TPSA) is 164 Å². The van der Waals surface area contributed by atoms with Crippen molar-refractivity contribution in [1.82, 2.24) is 30.1 Å². The van der Waals surface area contributed by atoms with Crippen LogP contribution in [0.3, 0.4) is 0 Å². The fourth-order valence-electron chi connectivity index (χ4n) is 10.6. The molecule has 0 aliphatic carbocycles. The Bertz CT molecular complexity index is 2680. The van der Waals surface area contributed by atoms with Crippen LogP contribution in [0.15, 0.2) is 65.8 Å². The van der Waals surface area contributed by atoms with Crippen LogP contribution in [-0.4, -0.2) is 144 Å². The lowest BCUT2D eigenvalue weighted by Crippen LogP contribution is -2.68. The molecule has 72 heavy (non-hydrogen) atoms. The first-order valence-corrected chi connectivity index (χ1v) is 26.2. The molecule has 4 aliphatic heterocycles. The van der Waals surface area contributed by atoms with Gasteiger partial charge in [0.05, 0.1) is 49.8 Å². The molecule has 4 aliphatic rings. The number of amides is 4. The van der Waals surface area contributed by atoms with Crippen LogP contribution in [0.1, 0.15) is 84.5 Å². The number of carbonyl (C=O) groups excluding carboxylic acids is 5. The van der Waals surface area contributed by atoms with Gasteiger partial charge in [0.25, 0.3) is 11.8 Å². The quantitative estimate of drug-likeness (QED) is 0.0675. The van der Waals surface area contributed by atoms with Crippen molar-refractivity contribution in [2.75, 3.05) is 53.6 Å². The second-order valence-corrected chi connectivity index (χ2v) is 22.1. The molecule has 7 atom stereocenters. The van der Waals surface area contributed by atoms with E-state index in [-0.39, 0.29) is 67.5 Å². The lowest BCUT2D eigenvalue weighted by molar-refractivity contribution is -0.148. The van der Waals surface area contributed by atoms with Crippen molar-refractivity contribution < 1.29 is 38.2 Å². The number of nitrogens with zero attached hydrogens (tertiary/aromatic N) is 5. The highest BCUT2D eigenvalue weighted by Gasteiger charge is 2.44. The van der Waals surface area contributed by atoms with Crippen LogP contribution in [0.5, 0.6) is 0 Å². The summed E-state index contributed by atoms with van der Waals surface area (Å²) in [4.78, 5) is 77.7. The van der Waals surface area contributed by atoms with Crippen molar-refractivity contribution in [3.63, 3.8) is 0 Å². The first kappa shape index (κ1) is 54.3. The molecule has 3 saturated heterocycles. The van der Waals surface area contributed by atoms with Crippen molar-refractivity contribution in [2.24, 2.45) is 22.2 Å². The van der Waals surface area contributed by atoms with E-state index in [9.17, 15) is 19.2 Å². The van der Waals surface area contributed by atoms with Crippen LogP contribution in [0.2, 0.25) is 0 Å². The van der Waals surface area contributed by atoms with Gasteiger partial charge in [-0.25, -0.2) is 5.43 Å². The van der Waals surface area contributed by atoms with E-state index in [4.69, 9.17) is 19.2 Å². The van der Waals surface area contributed by atoms with Gasteiger partial charge in [0, 0.05) is 74.2 Å². The number of alkyl halides is 1. The Hall–Kier alpha value is -5.44. The van der Waals surface area contributed by atoms with Gasteiger partial charge in [-0.1, -0.05) is 92.5 Å². The molecule has 7 rings (SSSR count). The number of halogens is 1. The van der Waals surface area contributed by atoms with Gasteiger partial charge in [0.2, 0.25) is 11.8 Å². The van der Waals surface area contributed by atoms with Crippen LogP contribution in [0.4, 0.5) is 0 Å². The lowest BCUT2D eigenvalue weighted by Gasteiger charge is -2.44. The summed E-state index contributed by atoms with van der Waals surface area (Å²) in [6.07, 6.45) is 6.18. The molecule has 1 aromatic heterocycles. The number of hydrogen-bond donors (Lipinski definition) is 2. The first-order valence-electron chi connectivity index (χ1n) is 25.3. The van der Waals surface area contributed by atoms with E-state index in [0.717, 1.165) is 62.8 Å². The third kappa shape index (κ3) is 11.8. The zero-order valence-corrected chi connectivity index (χ0v) is 45.0. The monoisotopic (exact) mass is 1050 g/mol. The normalized spacial score (nSPS) is 24.6. The number of benzene rings is 2. The van der Waals surface area contributed by atoms with Crippen molar-refractivity contribution in [1.29, 1.82) is 0 Å². The Balaban J connectivity index is 1.28. The number of allylic oxidation sites excluding steroid dienone is 2. The number of fused-ring (bicyclic) bond motifs is 6. The molecule has 4 amide bonds.